The fourth-order valence-electron chi connectivity index (χ4n) is 5.85. The predicted octanol–water partition coefficient (Wildman–Crippen LogP) is 3.16. The first kappa shape index (κ1) is 24.5. The smallest absolute Gasteiger partial charge is 0.153 e. The van der Waals surface area contributed by atoms with Crippen molar-refractivity contribution in [2.75, 3.05) is 23.3 Å². The quantitative estimate of drug-likeness (QED) is 0.331. The molecule has 2 bridgehead atoms. The number of H-pyrrole nitrogens is 1. The molecule has 4 aliphatic rings. The van der Waals surface area contributed by atoms with Crippen molar-refractivity contribution >= 4 is 17.5 Å². The van der Waals surface area contributed by atoms with Gasteiger partial charge in [-0.15, -0.1) is 0 Å². The van der Waals surface area contributed by atoms with Gasteiger partial charge in [0.05, 0.1) is 0 Å². The second-order valence-corrected chi connectivity index (χ2v) is 10.9. The van der Waals surface area contributed by atoms with Gasteiger partial charge in [0.1, 0.15) is 23.6 Å². The van der Waals surface area contributed by atoms with Crippen LogP contribution in [0.4, 0.5) is 11.6 Å². The SMILES string of the molecule is CC1=CC(Nc2cc(C)[nH]n2)NC(c2ccc(N3CC4CC(C3)N4Cc3ccc(-n4nccc4C)nc3)nc2)=N1. The molecule has 3 atom stereocenters. The Balaban J connectivity index is 0.965. The first-order valence-electron chi connectivity index (χ1n) is 13.7. The summed E-state index contributed by atoms with van der Waals surface area (Å²) in [5, 5.41) is 18.4. The second kappa shape index (κ2) is 9.91. The molecular weight excluding hydrogens is 502 g/mol. The second-order valence-electron chi connectivity index (χ2n) is 10.9. The first-order chi connectivity index (χ1) is 19.5. The number of fused-ring (bicyclic) bond motifs is 2. The van der Waals surface area contributed by atoms with Crippen molar-refractivity contribution in [2.45, 2.75) is 52.0 Å². The highest BCUT2D eigenvalue weighted by Crippen LogP contribution is 2.35. The summed E-state index contributed by atoms with van der Waals surface area (Å²) >= 11 is 0. The molecule has 0 saturated carbocycles. The number of nitrogens with zero attached hydrogens (tertiary/aromatic N) is 8. The summed E-state index contributed by atoms with van der Waals surface area (Å²) in [4.78, 5) is 19.2. The van der Waals surface area contributed by atoms with E-state index in [9.17, 15) is 0 Å². The van der Waals surface area contributed by atoms with Crippen LogP contribution in [0.15, 0.2) is 71.8 Å². The van der Waals surface area contributed by atoms with Crippen LogP contribution in [0.3, 0.4) is 0 Å². The van der Waals surface area contributed by atoms with Crippen molar-refractivity contribution < 1.29 is 0 Å². The third-order valence-corrected chi connectivity index (χ3v) is 7.91. The zero-order valence-corrected chi connectivity index (χ0v) is 22.9. The molecule has 3 fully saturated rings. The topological polar surface area (TPSA) is 115 Å². The van der Waals surface area contributed by atoms with E-state index in [0.717, 1.165) is 65.6 Å². The third kappa shape index (κ3) is 4.73. The van der Waals surface area contributed by atoms with Crippen LogP contribution in [0.2, 0.25) is 0 Å². The minimum Gasteiger partial charge on any atom is -0.353 e. The number of allylic oxidation sites excluding steroid dienone is 1. The first-order valence-corrected chi connectivity index (χ1v) is 13.7. The Morgan fingerprint density at radius 1 is 0.975 bits per heavy atom. The number of piperidine rings is 1. The Morgan fingerprint density at radius 2 is 1.80 bits per heavy atom. The van der Waals surface area contributed by atoms with Crippen LogP contribution < -0.4 is 15.5 Å². The van der Waals surface area contributed by atoms with Crippen LogP contribution in [0.25, 0.3) is 5.82 Å². The maximum Gasteiger partial charge on any atom is 0.153 e. The summed E-state index contributed by atoms with van der Waals surface area (Å²) in [6, 6.07) is 13.5. The van der Waals surface area contributed by atoms with Crippen molar-refractivity contribution in [3.8, 4) is 5.82 Å². The number of nitrogens with one attached hydrogen (secondary N) is 3. The fourth-order valence-corrected chi connectivity index (χ4v) is 5.85. The Hall–Kier alpha value is -4.51. The van der Waals surface area contributed by atoms with Gasteiger partial charge >= 0.3 is 0 Å². The molecule has 3 unspecified atom stereocenters. The Labute approximate surface area is 233 Å². The molecular formula is C29H33N11. The lowest BCUT2D eigenvalue weighted by molar-refractivity contribution is -0.00875. The largest absolute Gasteiger partial charge is 0.353 e. The van der Waals surface area contributed by atoms with Crippen LogP contribution in [0, 0.1) is 13.8 Å². The van der Waals surface area contributed by atoms with Crippen molar-refractivity contribution in [1.82, 2.24) is 40.2 Å². The maximum absolute atomic E-state index is 4.83. The average Bonchev–Trinajstić information content (AvgIpc) is 3.59. The summed E-state index contributed by atoms with van der Waals surface area (Å²) in [6.07, 6.45) is 8.89. The normalized spacial score (nSPS) is 22.3. The lowest BCUT2D eigenvalue weighted by Crippen LogP contribution is -2.68. The molecule has 8 rings (SSSR count). The standard InChI is InChI=1S/C29H33N11/c1-18-10-25(34-26-11-19(2)36-37-26)35-29(33-18)22-5-7-27(31-14-22)38-16-23-12-24(17-38)39(23)15-21-4-6-28(30-13-21)40-20(3)8-9-32-40/h4-11,13-14,23-25H,12,15-17H2,1-3H3,(H,33,35)(H2,34,36,37). The van der Waals surface area contributed by atoms with E-state index in [0.29, 0.717) is 12.1 Å². The zero-order chi connectivity index (χ0) is 27.2. The van der Waals surface area contributed by atoms with Gasteiger partial charge in [0.15, 0.2) is 5.82 Å². The Kier molecular flexibility index (Phi) is 6.07. The van der Waals surface area contributed by atoms with Gasteiger partial charge in [-0.25, -0.2) is 19.6 Å². The molecule has 3 saturated heterocycles. The van der Waals surface area contributed by atoms with E-state index in [4.69, 9.17) is 9.98 Å². The van der Waals surface area contributed by atoms with Gasteiger partial charge in [0.25, 0.3) is 0 Å². The Morgan fingerprint density at radius 3 is 2.48 bits per heavy atom. The summed E-state index contributed by atoms with van der Waals surface area (Å²) < 4.78 is 1.87. The lowest BCUT2D eigenvalue weighted by Gasteiger charge is -2.56. The fraction of sp³-hybridized carbons (Fsp3) is 0.345. The molecule has 40 heavy (non-hydrogen) atoms. The molecule has 0 radical (unpaired) electrons. The minimum atomic E-state index is -0.101. The average molecular weight is 536 g/mol. The van der Waals surface area contributed by atoms with Crippen LogP contribution in [0.5, 0.6) is 0 Å². The summed E-state index contributed by atoms with van der Waals surface area (Å²) in [6.45, 7) is 8.91. The molecule has 0 aliphatic carbocycles. The van der Waals surface area contributed by atoms with Crippen LogP contribution >= 0.6 is 0 Å². The molecule has 4 aromatic heterocycles. The summed E-state index contributed by atoms with van der Waals surface area (Å²) in [5.41, 5.74) is 5.24. The van der Waals surface area contributed by atoms with Gasteiger partial charge < -0.3 is 15.5 Å². The number of pyridine rings is 2. The molecule has 4 aliphatic heterocycles. The lowest BCUT2D eigenvalue weighted by atomic mass is 9.87. The number of hydrogen-bond acceptors (Lipinski definition) is 9. The monoisotopic (exact) mass is 535 g/mol. The van der Waals surface area contributed by atoms with E-state index in [1.165, 1.54) is 12.0 Å². The van der Waals surface area contributed by atoms with E-state index in [1.807, 2.05) is 56.1 Å². The Bertz CT molecular complexity index is 1550. The van der Waals surface area contributed by atoms with Gasteiger partial charge in [0, 0.05) is 79.0 Å². The molecule has 3 N–H and O–H groups in total. The van der Waals surface area contributed by atoms with Gasteiger partial charge in [-0.05, 0) is 63.1 Å². The summed E-state index contributed by atoms with van der Waals surface area (Å²) in [7, 11) is 0. The van der Waals surface area contributed by atoms with Crippen molar-refractivity contribution in [1.29, 1.82) is 0 Å². The zero-order valence-electron chi connectivity index (χ0n) is 22.9. The molecule has 8 heterocycles. The molecule has 204 valence electrons. The van der Waals surface area contributed by atoms with Crippen molar-refractivity contribution in [3.05, 3.63) is 89.3 Å². The third-order valence-electron chi connectivity index (χ3n) is 7.91. The predicted molar refractivity (Wildman–Crippen MR) is 154 cm³/mol. The molecule has 4 aromatic rings. The highest BCUT2D eigenvalue weighted by molar-refractivity contribution is 6.00. The number of rotatable bonds is 7. The molecule has 11 heteroatoms. The minimum absolute atomic E-state index is 0.101. The van der Waals surface area contributed by atoms with Gasteiger partial charge in [-0.3, -0.25) is 10.00 Å². The molecule has 11 nitrogen and oxygen atoms in total. The molecule has 0 amide bonds. The number of hydrogen-bond donors (Lipinski definition) is 3. The van der Waals surface area contributed by atoms with E-state index in [-0.39, 0.29) is 6.17 Å². The van der Waals surface area contributed by atoms with Crippen LogP contribution in [0.1, 0.15) is 35.9 Å². The van der Waals surface area contributed by atoms with Gasteiger partial charge in [-0.2, -0.15) is 10.2 Å². The summed E-state index contributed by atoms with van der Waals surface area (Å²) in [5.74, 6) is 3.47. The number of aromatic amines is 1. The number of piperazine rings is 1. The highest BCUT2D eigenvalue weighted by Gasteiger charge is 2.44. The molecule has 0 aromatic carbocycles. The number of aryl methyl sites for hydroxylation is 2. The number of anilines is 2. The van der Waals surface area contributed by atoms with E-state index in [1.54, 1.807) is 6.20 Å². The molecule has 0 spiro atoms. The van der Waals surface area contributed by atoms with Gasteiger partial charge in [0.2, 0.25) is 0 Å². The van der Waals surface area contributed by atoms with Crippen molar-refractivity contribution in [3.63, 3.8) is 0 Å². The van der Waals surface area contributed by atoms with E-state index < -0.39 is 0 Å². The van der Waals surface area contributed by atoms with Crippen LogP contribution in [-0.2, 0) is 6.54 Å². The number of amidine groups is 1. The highest BCUT2D eigenvalue weighted by atomic mass is 15.4. The number of aromatic nitrogens is 6. The van der Waals surface area contributed by atoms with Crippen LogP contribution in [-0.4, -0.2) is 72.0 Å². The van der Waals surface area contributed by atoms with E-state index >= 15 is 0 Å². The van der Waals surface area contributed by atoms with Gasteiger partial charge in [-0.1, -0.05) is 6.07 Å². The number of aliphatic imine (C=N–C) groups is 1. The van der Waals surface area contributed by atoms with Crippen molar-refractivity contribution in [2.24, 2.45) is 4.99 Å². The maximum atomic E-state index is 4.83. The van der Waals surface area contributed by atoms with E-state index in [2.05, 4.69) is 65.0 Å².